The molecule has 1 saturated carbocycles. The normalized spacial score (nSPS) is 19.5. The molecule has 0 bridgehead atoms. The van der Waals surface area contributed by atoms with Gasteiger partial charge in [-0.1, -0.05) is 22.0 Å². The molecule has 3 aliphatic rings. The number of amidine groups is 1. The van der Waals surface area contributed by atoms with Crippen LogP contribution in [0.5, 0.6) is 0 Å². The van der Waals surface area contributed by atoms with Crippen molar-refractivity contribution in [1.29, 1.82) is 0 Å². The maximum Gasteiger partial charge on any atom is 0.433 e. The van der Waals surface area contributed by atoms with Crippen molar-refractivity contribution in [3.63, 3.8) is 0 Å². The maximum atomic E-state index is 13.2. The molecule has 1 saturated heterocycles. The first kappa shape index (κ1) is 26.0. The molecule has 1 N–H and O–H groups in total. The number of aromatic nitrogens is 1. The van der Waals surface area contributed by atoms with Gasteiger partial charge in [-0.15, -0.1) is 0 Å². The smallest absolute Gasteiger partial charge is 0.371 e. The zero-order valence-corrected chi connectivity index (χ0v) is 21.2. The number of carbonyl (C=O) groups excluding carboxylic acids is 1. The van der Waals surface area contributed by atoms with E-state index < -0.39 is 30.4 Å². The number of ether oxygens (including phenoxy) is 1. The SMILES string of the molecule is O=C1NC(c2ccc(C(F)(F)F)nc2C2CC2)=NC12CCN(c1cc(Br)ccc1COCC(F)F)CC2. The Morgan fingerprint density at radius 2 is 1.89 bits per heavy atom. The Morgan fingerprint density at radius 3 is 2.54 bits per heavy atom. The van der Waals surface area contributed by atoms with Crippen LogP contribution in [0, 0.1) is 0 Å². The molecule has 1 spiro atoms. The maximum absolute atomic E-state index is 13.2. The fourth-order valence-corrected chi connectivity index (χ4v) is 5.16. The second kappa shape index (κ2) is 9.94. The number of aliphatic imine (C=N–C) groups is 1. The van der Waals surface area contributed by atoms with Gasteiger partial charge in [-0.25, -0.2) is 13.8 Å². The highest BCUT2D eigenvalue weighted by molar-refractivity contribution is 9.10. The van der Waals surface area contributed by atoms with E-state index in [1.54, 1.807) is 0 Å². The molecule has 1 aliphatic carbocycles. The van der Waals surface area contributed by atoms with Crippen LogP contribution in [0.1, 0.15) is 54.1 Å². The lowest BCUT2D eigenvalue weighted by Crippen LogP contribution is -2.49. The molecule has 1 aromatic heterocycles. The van der Waals surface area contributed by atoms with Gasteiger partial charge in [0.15, 0.2) is 0 Å². The molecular weight excluding hydrogens is 563 g/mol. The molecule has 0 radical (unpaired) electrons. The number of alkyl halides is 5. The summed E-state index contributed by atoms with van der Waals surface area (Å²) in [6.07, 6.45) is -4.83. The van der Waals surface area contributed by atoms with Crippen LogP contribution < -0.4 is 10.2 Å². The molecule has 3 heterocycles. The topological polar surface area (TPSA) is 66.8 Å². The van der Waals surface area contributed by atoms with E-state index in [0.29, 0.717) is 37.2 Å². The number of pyridine rings is 1. The Labute approximate surface area is 218 Å². The van der Waals surface area contributed by atoms with Crippen molar-refractivity contribution in [2.24, 2.45) is 4.99 Å². The molecule has 12 heteroatoms. The molecule has 0 atom stereocenters. The number of anilines is 1. The zero-order valence-electron chi connectivity index (χ0n) is 19.6. The standard InChI is InChI=1S/C25H24BrF5N4O2/c26-16-4-3-15(12-37-13-20(27)28)18(11-16)35-9-7-24(8-10-35)23(36)33-22(34-24)17-5-6-19(25(29,30)31)32-21(17)14-1-2-14/h3-6,11,14,20H,1-2,7-10,12-13H2,(H,33,34,36). The van der Waals surface area contributed by atoms with Crippen LogP contribution in [0.3, 0.4) is 0 Å². The lowest BCUT2D eigenvalue weighted by Gasteiger charge is -2.37. The van der Waals surface area contributed by atoms with Gasteiger partial charge in [-0.2, -0.15) is 13.2 Å². The summed E-state index contributed by atoms with van der Waals surface area (Å²) >= 11 is 3.45. The third-order valence-electron chi connectivity index (χ3n) is 6.89. The summed E-state index contributed by atoms with van der Waals surface area (Å²) in [6.45, 7) is 0.326. The molecule has 37 heavy (non-hydrogen) atoms. The Bertz CT molecular complexity index is 1220. The first-order valence-corrected chi connectivity index (χ1v) is 12.7. The van der Waals surface area contributed by atoms with Crippen LogP contribution in [0.25, 0.3) is 0 Å². The lowest BCUT2D eigenvalue weighted by atomic mass is 9.87. The highest BCUT2D eigenvalue weighted by atomic mass is 79.9. The number of nitrogens with zero attached hydrogens (tertiary/aromatic N) is 3. The van der Waals surface area contributed by atoms with Gasteiger partial charge in [0, 0.05) is 40.3 Å². The average molecular weight is 587 g/mol. The van der Waals surface area contributed by atoms with Gasteiger partial charge in [-0.05, 0) is 49.9 Å². The summed E-state index contributed by atoms with van der Waals surface area (Å²) in [5, 5.41) is 2.80. The van der Waals surface area contributed by atoms with E-state index in [0.717, 1.165) is 34.6 Å². The number of amides is 1. The van der Waals surface area contributed by atoms with Gasteiger partial charge in [0.2, 0.25) is 0 Å². The van der Waals surface area contributed by atoms with Gasteiger partial charge in [-0.3, -0.25) is 9.79 Å². The summed E-state index contributed by atoms with van der Waals surface area (Å²) in [4.78, 5) is 23.8. The van der Waals surface area contributed by atoms with E-state index in [9.17, 15) is 26.7 Å². The number of benzene rings is 1. The second-order valence-electron chi connectivity index (χ2n) is 9.51. The summed E-state index contributed by atoms with van der Waals surface area (Å²) in [6, 6.07) is 7.79. The van der Waals surface area contributed by atoms with Crippen LogP contribution in [-0.4, -0.2) is 48.4 Å². The van der Waals surface area contributed by atoms with Crippen LogP contribution >= 0.6 is 15.9 Å². The number of hydrogen-bond acceptors (Lipinski definition) is 5. The average Bonchev–Trinajstić information content (AvgIpc) is 3.65. The van der Waals surface area contributed by atoms with E-state index in [-0.39, 0.29) is 24.3 Å². The number of carbonyl (C=O) groups is 1. The lowest BCUT2D eigenvalue weighted by molar-refractivity contribution is -0.141. The summed E-state index contributed by atoms with van der Waals surface area (Å²) < 4.78 is 70.7. The molecule has 0 unspecified atom stereocenters. The first-order valence-electron chi connectivity index (χ1n) is 11.9. The van der Waals surface area contributed by atoms with Crippen molar-refractivity contribution in [2.45, 2.75) is 56.3 Å². The van der Waals surface area contributed by atoms with Gasteiger partial charge in [0.05, 0.1) is 12.3 Å². The molecule has 1 amide bonds. The van der Waals surface area contributed by atoms with Crippen molar-refractivity contribution < 1.29 is 31.5 Å². The van der Waals surface area contributed by atoms with Crippen LogP contribution in [-0.2, 0) is 22.3 Å². The fraction of sp³-hybridized carbons (Fsp3) is 0.480. The van der Waals surface area contributed by atoms with Gasteiger partial charge in [0.1, 0.15) is 23.7 Å². The number of hydrogen-bond donors (Lipinski definition) is 1. The molecule has 198 valence electrons. The fourth-order valence-electron chi connectivity index (χ4n) is 4.81. The Kier molecular flexibility index (Phi) is 6.99. The van der Waals surface area contributed by atoms with Gasteiger partial charge >= 0.3 is 6.18 Å². The van der Waals surface area contributed by atoms with Gasteiger partial charge in [0.25, 0.3) is 12.3 Å². The molecule has 6 nitrogen and oxygen atoms in total. The predicted molar refractivity (Wildman–Crippen MR) is 130 cm³/mol. The Hall–Kier alpha value is -2.60. The third kappa shape index (κ3) is 5.50. The van der Waals surface area contributed by atoms with Crippen LogP contribution in [0.15, 0.2) is 39.8 Å². The van der Waals surface area contributed by atoms with E-state index >= 15 is 0 Å². The molecular formula is C25H24BrF5N4O2. The Balaban J connectivity index is 1.35. The quantitative estimate of drug-likeness (QED) is 0.439. The van der Waals surface area contributed by atoms with Crippen molar-refractivity contribution in [2.75, 3.05) is 24.6 Å². The van der Waals surface area contributed by atoms with Crippen molar-refractivity contribution in [3.8, 4) is 0 Å². The molecule has 2 fully saturated rings. The number of piperidine rings is 1. The largest absolute Gasteiger partial charge is 0.433 e. The van der Waals surface area contributed by atoms with Crippen molar-refractivity contribution in [3.05, 3.63) is 57.3 Å². The first-order chi connectivity index (χ1) is 17.6. The third-order valence-corrected chi connectivity index (χ3v) is 7.39. The van der Waals surface area contributed by atoms with E-state index in [1.165, 1.54) is 6.07 Å². The van der Waals surface area contributed by atoms with Gasteiger partial charge < -0.3 is 15.0 Å². The van der Waals surface area contributed by atoms with Crippen molar-refractivity contribution >= 4 is 33.4 Å². The van der Waals surface area contributed by atoms with E-state index in [4.69, 9.17) is 9.73 Å². The minimum Gasteiger partial charge on any atom is -0.371 e. The second-order valence-corrected chi connectivity index (χ2v) is 10.4. The molecule has 5 rings (SSSR count). The van der Waals surface area contributed by atoms with E-state index in [2.05, 4.69) is 31.1 Å². The number of nitrogens with one attached hydrogen (secondary N) is 1. The summed E-state index contributed by atoms with van der Waals surface area (Å²) in [5.74, 6) is -0.0822. The summed E-state index contributed by atoms with van der Waals surface area (Å²) in [5.41, 5.74) is 0.370. The van der Waals surface area contributed by atoms with Crippen LogP contribution in [0.4, 0.5) is 27.6 Å². The van der Waals surface area contributed by atoms with Crippen molar-refractivity contribution in [1.82, 2.24) is 10.3 Å². The number of rotatable bonds is 7. The predicted octanol–water partition coefficient (Wildman–Crippen LogP) is 5.44. The minimum atomic E-state index is -4.55. The van der Waals surface area contributed by atoms with Crippen LogP contribution in [0.2, 0.25) is 0 Å². The molecule has 2 aliphatic heterocycles. The van der Waals surface area contributed by atoms with E-state index in [1.807, 2.05) is 18.2 Å². The minimum absolute atomic E-state index is 0.0300. The highest BCUT2D eigenvalue weighted by Gasteiger charge is 2.47. The Morgan fingerprint density at radius 1 is 1.16 bits per heavy atom. The molecule has 1 aromatic carbocycles. The monoisotopic (exact) mass is 586 g/mol. The molecule has 2 aromatic rings. The zero-order chi connectivity index (χ0) is 26.4. The summed E-state index contributed by atoms with van der Waals surface area (Å²) in [7, 11) is 0. The highest BCUT2D eigenvalue weighted by Crippen LogP contribution is 2.43. The number of halogens is 6.